The smallest absolute Gasteiger partial charge is 0.416 e. The van der Waals surface area contributed by atoms with E-state index in [2.05, 4.69) is 0 Å². The molecule has 2 aromatic rings. The van der Waals surface area contributed by atoms with Gasteiger partial charge in [0, 0.05) is 32.7 Å². The summed E-state index contributed by atoms with van der Waals surface area (Å²) in [6, 6.07) is 12.1. The van der Waals surface area contributed by atoms with Crippen LogP contribution in [0.3, 0.4) is 0 Å². The average molecular weight is 499 g/mol. The van der Waals surface area contributed by atoms with Crippen molar-refractivity contribution >= 4 is 21.9 Å². The molecule has 0 N–H and O–H groups in total. The third kappa shape index (κ3) is 5.76. The van der Waals surface area contributed by atoms with E-state index in [4.69, 9.17) is 4.74 Å². The Bertz CT molecular complexity index is 1130. The number of ether oxygens (including phenoxy) is 1. The molecule has 1 aliphatic heterocycles. The van der Waals surface area contributed by atoms with Gasteiger partial charge in [-0.15, -0.1) is 0 Å². The van der Waals surface area contributed by atoms with Crippen molar-refractivity contribution in [2.24, 2.45) is 5.92 Å². The molecule has 1 unspecified atom stereocenters. The number of sulfonamides is 1. The van der Waals surface area contributed by atoms with Crippen molar-refractivity contribution in [3.63, 3.8) is 0 Å². The Kier molecular flexibility index (Phi) is 7.67. The Morgan fingerprint density at radius 3 is 2.21 bits per heavy atom. The van der Waals surface area contributed by atoms with Gasteiger partial charge in [-0.25, -0.2) is 8.42 Å². The van der Waals surface area contributed by atoms with Crippen LogP contribution in [0.5, 0.6) is 0 Å². The SMILES string of the molecule is CN(C)C(=O)C(OC(=O)C1CCN(S(=O)(=O)c2cccc(C(F)(F)F)c2)CC1)c1ccccc1. The van der Waals surface area contributed by atoms with E-state index in [-0.39, 0.29) is 25.9 Å². The number of hydrogen-bond acceptors (Lipinski definition) is 5. The van der Waals surface area contributed by atoms with Gasteiger partial charge in [0.25, 0.3) is 5.91 Å². The average Bonchev–Trinajstić information content (AvgIpc) is 2.82. The maximum atomic E-state index is 13.0. The van der Waals surface area contributed by atoms with E-state index in [1.165, 1.54) is 4.90 Å². The molecule has 0 radical (unpaired) electrons. The van der Waals surface area contributed by atoms with Gasteiger partial charge in [-0.1, -0.05) is 36.4 Å². The first-order valence-electron chi connectivity index (χ1n) is 10.6. The summed E-state index contributed by atoms with van der Waals surface area (Å²) < 4.78 is 71.3. The zero-order valence-electron chi connectivity index (χ0n) is 18.7. The Hall–Kier alpha value is -2.92. The zero-order chi connectivity index (χ0) is 25.1. The number of nitrogens with zero attached hydrogens (tertiary/aromatic N) is 2. The molecular weight excluding hydrogens is 473 g/mol. The normalized spacial score (nSPS) is 16.6. The lowest BCUT2D eigenvalue weighted by molar-refractivity contribution is -0.164. The van der Waals surface area contributed by atoms with E-state index in [9.17, 15) is 31.2 Å². The van der Waals surface area contributed by atoms with E-state index in [1.807, 2.05) is 0 Å². The molecular formula is C23H25F3N2O5S. The molecule has 11 heteroatoms. The Morgan fingerprint density at radius 2 is 1.65 bits per heavy atom. The maximum Gasteiger partial charge on any atom is 0.416 e. The number of piperidine rings is 1. The number of rotatable bonds is 6. The van der Waals surface area contributed by atoms with Gasteiger partial charge >= 0.3 is 12.1 Å². The van der Waals surface area contributed by atoms with Crippen LogP contribution in [0.25, 0.3) is 0 Å². The van der Waals surface area contributed by atoms with Gasteiger partial charge in [0.15, 0.2) is 0 Å². The van der Waals surface area contributed by atoms with E-state index < -0.39 is 50.6 Å². The van der Waals surface area contributed by atoms with E-state index in [1.54, 1.807) is 44.4 Å². The van der Waals surface area contributed by atoms with Crippen molar-refractivity contribution in [3.05, 3.63) is 65.7 Å². The van der Waals surface area contributed by atoms with Gasteiger partial charge in [0.1, 0.15) is 0 Å². The number of benzene rings is 2. The van der Waals surface area contributed by atoms with Gasteiger partial charge in [-0.05, 0) is 31.0 Å². The molecule has 2 aromatic carbocycles. The lowest BCUT2D eigenvalue weighted by atomic mass is 9.98. The largest absolute Gasteiger partial charge is 0.447 e. The molecule has 3 rings (SSSR count). The minimum Gasteiger partial charge on any atom is -0.447 e. The lowest BCUT2D eigenvalue weighted by Crippen LogP contribution is -2.41. The summed E-state index contributed by atoms with van der Waals surface area (Å²) in [6.45, 7) is -0.119. The number of amides is 1. The maximum absolute atomic E-state index is 13.0. The molecule has 184 valence electrons. The number of carbonyl (C=O) groups is 2. The van der Waals surface area contributed by atoms with Crippen molar-refractivity contribution < 1.29 is 35.9 Å². The minimum atomic E-state index is -4.67. The van der Waals surface area contributed by atoms with Crippen LogP contribution in [0.15, 0.2) is 59.5 Å². The molecule has 1 saturated heterocycles. The summed E-state index contributed by atoms with van der Waals surface area (Å²) in [4.78, 5) is 26.2. The second kappa shape index (κ2) is 10.1. The van der Waals surface area contributed by atoms with Gasteiger partial charge in [-0.2, -0.15) is 17.5 Å². The summed E-state index contributed by atoms with van der Waals surface area (Å²) in [5.74, 6) is -1.68. The van der Waals surface area contributed by atoms with Crippen LogP contribution < -0.4 is 0 Å². The summed E-state index contributed by atoms with van der Waals surface area (Å²) in [5, 5.41) is 0. The highest BCUT2D eigenvalue weighted by Crippen LogP contribution is 2.32. The summed E-state index contributed by atoms with van der Waals surface area (Å²) >= 11 is 0. The summed E-state index contributed by atoms with van der Waals surface area (Å²) in [7, 11) is -1.07. The monoisotopic (exact) mass is 498 g/mol. The first-order valence-corrected chi connectivity index (χ1v) is 12.0. The molecule has 1 heterocycles. The number of carbonyl (C=O) groups excluding carboxylic acids is 2. The molecule has 0 aromatic heterocycles. The molecule has 1 aliphatic rings. The lowest BCUT2D eigenvalue weighted by Gasteiger charge is -2.31. The highest BCUT2D eigenvalue weighted by atomic mass is 32.2. The van der Waals surface area contributed by atoms with E-state index in [0.717, 1.165) is 22.5 Å². The quantitative estimate of drug-likeness (QED) is 0.570. The van der Waals surface area contributed by atoms with Crippen molar-refractivity contribution in [1.29, 1.82) is 0 Å². The summed E-state index contributed by atoms with van der Waals surface area (Å²) in [5.41, 5.74) is -0.538. The van der Waals surface area contributed by atoms with Crippen LogP contribution in [-0.4, -0.2) is 56.7 Å². The van der Waals surface area contributed by atoms with Crippen LogP contribution in [0, 0.1) is 5.92 Å². The molecule has 1 fully saturated rings. The van der Waals surface area contributed by atoms with Crippen molar-refractivity contribution in [2.75, 3.05) is 27.2 Å². The van der Waals surface area contributed by atoms with Gasteiger partial charge < -0.3 is 9.64 Å². The van der Waals surface area contributed by atoms with Crippen LogP contribution in [0.1, 0.15) is 30.1 Å². The first-order chi connectivity index (χ1) is 15.9. The molecule has 1 amide bonds. The minimum absolute atomic E-state index is 0.0595. The fraction of sp³-hybridized carbons (Fsp3) is 0.391. The van der Waals surface area contributed by atoms with Crippen LogP contribution >= 0.6 is 0 Å². The standard InChI is InChI=1S/C23H25F3N2O5S/c1-27(2)21(29)20(16-7-4-3-5-8-16)33-22(30)17-11-13-28(14-12-17)34(31,32)19-10-6-9-18(15-19)23(24,25)26/h3-10,15,17,20H,11-14H2,1-2H3. The highest BCUT2D eigenvalue weighted by Gasteiger charge is 2.37. The van der Waals surface area contributed by atoms with Crippen LogP contribution in [0.2, 0.25) is 0 Å². The van der Waals surface area contributed by atoms with Crippen molar-refractivity contribution in [1.82, 2.24) is 9.21 Å². The second-order valence-electron chi connectivity index (χ2n) is 8.16. The molecule has 0 bridgehead atoms. The van der Waals surface area contributed by atoms with E-state index >= 15 is 0 Å². The molecule has 34 heavy (non-hydrogen) atoms. The highest BCUT2D eigenvalue weighted by molar-refractivity contribution is 7.89. The molecule has 0 spiro atoms. The summed E-state index contributed by atoms with van der Waals surface area (Å²) in [6.07, 6.45) is -5.55. The fourth-order valence-corrected chi connectivity index (χ4v) is 5.17. The van der Waals surface area contributed by atoms with Crippen molar-refractivity contribution in [3.8, 4) is 0 Å². The van der Waals surface area contributed by atoms with Crippen molar-refractivity contribution in [2.45, 2.75) is 30.0 Å². The predicted octanol–water partition coefficient (Wildman–Crippen LogP) is 3.48. The molecule has 1 atom stereocenters. The number of esters is 1. The number of halogens is 3. The molecule has 0 aliphatic carbocycles. The second-order valence-corrected chi connectivity index (χ2v) is 10.1. The fourth-order valence-electron chi connectivity index (χ4n) is 3.65. The Balaban J connectivity index is 1.69. The van der Waals surface area contributed by atoms with Gasteiger partial charge in [0.05, 0.1) is 16.4 Å². The molecule has 7 nitrogen and oxygen atoms in total. The Morgan fingerprint density at radius 1 is 1.03 bits per heavy atom. The topological polar surface area (TPSA) is 84.0 Å². The van der Waals surface area contributed by atoms with E-state index in [0.29, 0.717) is 11.6 Å². The third-order valence-corrected chi connectivity index (χ3v) is 7.48. The van der Waals surface area contributed by atoms with Crippen LogP contribution in [-0.2, 0) is 30.5 Å². The van der Waals surface area contributed by atoms with Gasteiger partial charge in [0.2, 0.25) is 16.1 Å². The number of likely N-dealkylation sites (N-methyl/N-ethyl adjacent to an activating group) is 1. The third-order valence-electron chi connectivity index (χ3n) is 5.59. The molecule has 0 saturated carbocycles. The van der Waals surface area contributed by atoms with Crippen LogP contribution in [0.4, 0.5) is 13.2 Å². The first kappa shape index (κ1) is 25.7. The van der Waals surface area contributed by atoms with Gasteiger partial charge in [-0.3, -0.25) is 9.59 Å². The predicted molar refractivity (Wildman–Crippen MR) is 117 cm³/mol. The zero-order valence-corrected chi connectivity index (χ0v) is 19.5. The Labute approximate surface area is 196 Å². The number of alkyl halides is 3. The number of hydrogen-bond donors (Lipinski definition) is 0.